The Morgan fingerprint density at radius 3 is 2.15 bits per heavy atom. The number of amides is 1. The van der Waals surface area contributed by atoms with Crippen LogP contribution in [0.4, 0.5) is 0 Å². The van der Waals surface area contributed by atoms with Crippen LogP contribution in [-0.2, 0) is 27.8 Å². The summed E-state index contributed by atoms with van der Waals surface area (Å²) >= 11 is 0. The predicted octanol–water partition coefficient (Wildman–Crippen LogP) is 3.75. The van der Waals surface area contributed by atoms with Crippen molar-refractivity contribution in [1.29, 1.82) is 0 Å². The molecule has 0 aliphatic carbocycles. The molecule has 0 N–H and O–H groups in total. The van der Waals surface area contributed by atoms with Gasteiger partial charge >= 0.3 is 0 Å². The number of aryl methyl sites for hydroxylation is 1. The van der Waals surface area contributed by atoms with Gasteiger partial charge in [0.25, 0.3) is 0 Å². The Morgan fingerprint density at radius 1 is 1.00 bits per heavy atom. The molecule has 0 radical (unpaired) electrons. The van der Waals surface area contributed by atoms with Gasteiger partial charge in [0.05, 0.1) is 10.6 Å². The minimum absolute atomic E-state index is 0.0729. The van der Waals surface area contributed by atoms with Gasteiger partial charge < -0.3 is 4.90 Å². The monoisotopic (exact) mass is 474 g/mol. The first-order valence-corrected chi connectivity index (χ1v) is 13.4. The minimum atomic E-state index is -3.54. The largest absolute Gasteiger partial charge is 0.340 e. The van der Waals surface area contributed by atoms with Crippen molar-refractivity contribution in [3.63, 3.8) is 0 Å². The van der Waals surface area contributed by atoms with Crippen LogP contribution in [0.3, 0.4) is 0 Å². The summed E-state index contributed by atoms with van der Waals surface area (Å²) in [7, 11) is -3.54. The summed E-state index contributed by atoms with van der Waals surface area (Å²) < 4.78 is 29.6. The summed E-state index contributed by atoms with van der Waals surface area (Å²) in [5, 5.41) is 4.64. The predicted molar refractivity (Wildman–Crippen MR) is 131 cm³/mol. The highest BCUT2D eigenvalue weighted by Gasteiger charge is 2.30. The van der Waals surface area contributed by atoms with Crippen molar-refractivity contribution in [2.24, 2.45) is 5.92 Å². The zero-order valence-electron chi connectivity index (χ0n) is 20.8. The van der Waals surface area contributed by atoms with E-state index in [4.69, 9.17) is 0 Å². The smallest absolute Gasteiger partial charge is 0.243 e. The fourth-order valence-corrected chi connectivity index (χ4v) is 5.78. The van der Waals surface area contributed by atoms with E-state index in [1.54, 1.807) is 17.0 Å². The maximum absolute atomic E-state index is 13.0. The second kappa shape index (κ2) is 10.4. The van der Waals surface area contributed by atoms with Crippen LogP contribution >= 0.6 is 0 Å². The number of sulfonamides is 1. The van der Waals surface area contributed by atoms with E-state index in [2.05, 4.69) is 39.7 Å². The van der Waals surface area contributed by atoms with Crippen LogP contribution in [0, 0.1) is 19.8 Å². The highest BCUT2D eigenvalue weighted by atomic mass is 32.2. The topological polar surface area (TPSA) is 75.5 Å². The average Bonchev–Trinajstić information content (AvgIpc) is 3.03. The SMILES string of the molecule is Cc1nn(CC(C)C)c(C)c1CCC(=O)N1CCN(S(=O)(=O)c2ccc(C(C)C)cc2)CC1. The number of rotatable bonds is 8. The molecule has 0 bridgehead atoms. The van der Waals surface area contributed by atoms with E-state index in [0.717, 1.165) is 29.1 Å². The van der Waals surface area contributed by atoms with E-state index < -0.39 is 10.0 Å². The van der Waals surface area contributed by atoms with Crippen molar-refractivity contribution >= 4 is 15.9 Å². The van der Waals surface area contributed by atoms with Gasteiger partial charge in [-0.3, -0.25) is 9.48 Å². The second-order valence-electron chi connectivity index (χ2n) is 9.73. The summed E-state index contributed by atoms with van der Waals surface area (Å²) in [6.45, 7) is 14.9. The first-order valence-electron chi connectivity index (χ1n) is 11.9. The molecule has 182 valence electrons. The molecule has 1 fully saturated rings. The van der Waals surface area contributed by atoms with Crippen molar-refractivity contribution in [2.75, 3.05) is 26.2 Å². The van der Waals surface area contributed by atoms with E-state index in [9.17, 15) is 13.2 Å². The van der Waals surface area contributed by atoms with Gasteiger partial charge in [-0.15, -0.1) is 0 Å². The van der Waals surface area contributed by atoms with Gasteiger partial charge in [-0.1, -0.05) is 39.8 Å². The van der Waals surface area contributed by atoms with Crippen LogP contribution in [0.1, 0.15) is 62.5 Å². The summed E-state index contributed by atoms with van der Waals surface area (Å²) in [5.41, 5.74) is 4.38. The van der Waals surface area contributed by atoms with Gasteiger partial charge in [0.15, 0.2) is 0 Å². The first-order chi connectivity index (χ1) is 15.5. The summed E-state index contributed by atoms with van der Waals surface area (Å²) in [4.78, 5) is 14.9. The third-order valence-corrected chi connectivity index (χ3v) is 8.35. The third kappa shape index (κ3) is 5.84. The minimum Gasteiger partial charge on any atom is -0.340 e. The molecule has 0 saturated carbocycles. The van der Waals surface area contributed by atoms with E-state index in [-0.39, 0.29) is 5.91 Å². The Hall–Kier alpha value is -2.19. The first kappa shape index (κ1) is 25.4. The van der Waals surface area contributed by atoms with Gasteiger partial charge in [-0.25, -0.2) is 8.42 Å². The molecule has 3 rings (SSSR count). The van der Waals surface area contributed by atoms with Gasteiger partial charge in [0.1, 0.15) is 0 Å². The maximum atomic E-state index is 13.0. The number of carbonyl (C=O) groups excluding carboxylic acids is 1. The Morgan fingerprint density at radius 2 is 1.61 bits per heavy atom. The van der Waals surface area contributed by atoms with Gasteiger partial charge in [-0.2, -0.15) is 9.40 Å². The van der Waals surface area contributed by atoms with Gasteiger partial charge in [0, 0.05) is 44.8 Å². The van der Waals surface area contributed by atoms with Crippen molar-refractivity contribution in [2.45, 2.75) is 71.7 Å². The number of nitrogens with zero attached hydrogens (tertiary/aromatic N) is 4. The van der Waals surface area contributed by atoms with E-state index in [1.807, 2.05) is 23.7 Å². The van der Waals surface area contributed by atoms with Crippen molar-refractivity contribution in [3.8, 4) is 0 Å². The van der Waals surface area contributed by atoms with E-state index >= 15 is 0 Å². The molecule has 1 aliphatic heterocycles. The highest BCUT2D eigenvalue weighted by molar-refractivity contribution is 7.89. The van der Waals surface area contributed by atoms with Gasteiger partial charge in [0.2, 0.25) is 15.9 Å². The number of aromatic nitrogens is 2. The molecule has 1 saturated heterocycles. The molecule has 2 aromatic rings. The van der Waals surface area contributed by atoms with Crippen molar-refractivity contribution in [3.05, 3.63) is 46.8 Å². The van der Waals surface area contributed by atoms with Crippen molar-refractivity contribution in [1.82, 2.24) is 19.0 Å². The Bertz CT molecular complexity index is 1060. The lowest BCUT2D eigenvalue weighted by molar-refractivity contribution is -0.132. The molecule has 0 unspecified atom stereocenters. The highest BCUT2D eigenvalue weighted by Crippen LogP contribution is 2.22. The molecule has 7 nitrogen and oxygen atoms in total. The van der Waals surface area contributed by atoms with Gasteiger partial charge in [-0.05, 0) is 55.4 Å². The standard InChI is InChI=1S/C25H38N4O3S/c1-18(2)17-29-21(6)24(20(5)26-29)11-12-25(30)27-13-15-28(16-14-27)33(31,32)23-9-7-22(8-10-23)19(3)4/h7-10,18-19H,11-17H2,1-6H3. The molecule has 33 heavy (non-hydrogen) atoms. The molecule has 1 aliphatic rings. The molecule has 1 aromatic heterocycles. The zero-order chi connectivity index (χ0) is 24.3. The molecule has 1 amide bonds. The molecular formula is C25H38N4O3S. The molecule has 0 atom stereocenters. The Balaban J connectivity index is 1.56. The third-order valence-electron chi connectivity index (χ3n) is 6.43. The van der Waals surface area contributed by atoms with E-state index in [1.165, 1.54) is 4.31 Å². The number of hydrogen-bond donors (Lipinski definition) is 0. The summed E-state index contributed by atoms with van der Waals surface area (Å²) in [5.74, 6) is 0.940. The van der Waals surface area contributed by atoms with Crippen LogP contribution in [0.5, 0.6) is 0 Å². The molecular weight excluding hydrogens is 436 g/mol. The normalized spacial score (nSPS) is 15.6. The Labute approximate surface area is 198 Å². The number of piperazine rings is 1. The number of hydrogen-bond acceptors (Lipinski definition) is 4. The molecule has 2 heterocycles. The van der Waals surface area contributed by atoms with E-state index in [0.29, 0.717) is 55.8 Å². The number of benzene rings is 1. The number of carbonyl (C=O) groups is 1. The fourth-order valence-electron chi connectivity index (χ4n) is 4.36. The average molecular weight is 475 g/mol. The summed E-state index contributed by atoms with van der Waals surface area (Å²) in [6.07, 6.45) is 1.08. The molecule has 1 aromatic carbocycles. The van der Waals surface area contributed by atoms with Crippen molar-refractivity contribution < 1.29 is 13.2 Å². The second-order valence-corrected chi connectivity index (χ2v) is 11.7. The quantitative estimate of drug-likeness (QED) is 0.584. The van der Waals surface area contributed by atoms with Crippen LogP contribution in [-0.4, -0.2) is 59.5 Å². The molecule has 8 heteroatoms. The summed E-state index contributed by atoms with van der Waals surface area (Å²) in [6, 6.07) is 7.13. The fraction of sp³-hybridized carbons (Fsp3) is 0.600. The van der Waals surface area contributed by atoms with Crippen LogP contribution in [0.2, 0.25) is 0 Å². The lowest BCUT2D eigenvalue weighted by atomic mass is 10.0. The maximum Gasteiger partial charge on any atom is 0.243 e. The Kier molecular flexibility index (Phi) is 8.00. The lowest BCUT2D eigenvalue weighted by Crippen LogP contribution is -2.50. The van der Waals surface area contributed by atoms with Crippen LogP contribution in [0.25, 0.3) is 0 Å². The van der Waals surface area contributed by atoms with Crippen LogP contribution in [0.15, 0.2) is 29.2 Å². The lowest BCUT2D eigenvalue weighted by Gasteiger charge is -2.34. The zero-order valence-corrected chi connectivity index (χ0v) is 21.7. The van der Waals surface area contributed by atoms with Crippen LogP contribution < -0.4 is 0 Å². The molecule has 0 spiro atoms.